The minimum atomic E-state index is -1.79. The van der Waals surface area contributed by atoms with E-state index >= 15 is 0 Å². The second-order valence-electron chi connectivity index (χ2n) is 3.15. The van der Waals surface area contributed by atoms with Crippen molar-refractivity contribution >= 4 is 30.2 Å². The Morgan fingerprint density at radius 2 is 1.50 bits per heavy atom. The van der Waals surface area contributed by atoms with Gasteiger partial charge in [0.1, 0.15) is 0 Å². The number of rotatable bonds is 5. The first-order valence-electron chi connectivity index (χ1n) is 5.28. The van der Waals surface area contributed by atoms with Crippen LogP contribution in [0.25, 0.3) is 0 Å². The second-order valence-corrected chi connectivity index (χ2v) is 3.15. The van der Waals surface area contributed by atoms with Gasteiger partial charge in [0.2, 0.25) is 5.78 Å². The highest BCUT2D eigenvalue weighted by Gasteiger charge is 2.23. The molecular weight excluding hydrogens is 276 g/mol. The van der Waals surface area contributed by atoms with Crippen LogP contribution in [0.5, 0.6) is 0 Å². The number of ether oxygens (including phenoxy) is 4. The molecule has 0 aromatic carbocycles. The highest BCUT2D eigenvalue weighted by molar-refractivity contribution is 6.35. The Kier molecular flexibility index (Phi) is 8.00. The van der Waals surface area contributed by atoms with Gasteiger partial charge in [0.05, 0.1) is 7.11 Å². The van der Waals surface area contributed by atoms with E-state index in [1.807, 2.05) is 0 Å². The third-order valence-electron chi connectivity index (χ3n) is 1.72. The van der Waals surface area contributed by atoms with Crippen LogP contribution in [0.15, 0.2) is 12.7 Å². The molecule has 0 amide bonds. The number of carbonyl (C=O) groups is 5. The highest BCUT2D eigenvalue weighted by atomic mass is 16.9. The van der Waals surface area contributed by atoms with Gasteiger partial charge in [-0.15, -0.1) is 6.58 Å². The lowest BCUT2D eigenvalue weighted by Crippen LogP contribution is -2.24. The molecular formula is C11H12O9. The van der Waals surface area contributed by atoms with Crippen molar-refractivity contribution < 1.29 is 42.9 Å². The Labute approximate surface area is 113 Å². The van der Waals surface area contributed by atoms with E-state index in [4.69, 9.17) is 0 Å². The molecule has 0 N–H and O–H groups in total. The first kappa shape index (κ1) is 17.3. The third-order valence-corrected chi connectivity index (χ3v) is 1.72. The Morgan fingerprint density at radius 1 is 0.950 bits per heavy atom. The molecule has 0 heterocycles. The second kappa shape index (κ2) is 9.25. The minimum Gasteiger partial charge on any atom is -0.437 e. The smallest absolute Gasteiger partial charge is 0.437 e. The number of hydrogen-bond acceptors (Lipinski definition) is 9. The summed E-state index contributed by atoms with van der Waals surface area (Å²) < 4.78 is 15.4. The van der Waals surface area contributed by atoms with Gasteiger partial charge in [0.15, 0.2) is 0 Å². The summed E-state index contributed by atoms with van der Waals surface area (Å²) in [5, 5.41) is 0. The molecule has 0 atom stereocenters. The fourth-order valence-corrected chi connectivity index (χ4v) is 0.861. The maximum absolute atomic E-state index is 11.2. The molecule has 0 saturated heterocycles. The molecule has 110 valence electrons. The molecule has 0 aliphatic carbocycles. The van der Waals surface area contributed by atoms with Crippen molar-refractivity contribution in [3.63, 3.8) is 0 Å². The zero-order chi connectivity index (χ0) is 15.5. The summed E-state index contributed by atoms with van der Waals surface area (Å²) >= 11 is 0. The summed E-state index contributed by atoms with van der Waals surface area (Å²) in [5.74, 6) is -2.45. The summed E-state index contributed by atoms with van der Waals surface area (Å²) in [6, 6.07) is 0. The monoisotopic (exact) mass is 288 g/mol. The lowest BCUT2D eigenvalue weighted by molar-refractivity contribution is -0.150. The molecule has 0 aromatic heterocycles. The average Bonchev–Trinajstić information content (AvgIpc) is 2.38. The molecule has 0 aromatic rings. The van der Waals surface area contributed by atoms with Crippen molar-refractivity contribution in [3.8, 4) is 0 Å². The molecule has 0 spiro atoms. The van der Waals surface area contributed by atoms with E-state index in [-0.39, 0.29) is 6.42 Å². The van der Waals surface area contributed by atoms with Crippen LogP contribution in [0.4, 0.5) is 14.4 Å². The first-order valence-corrected chi connectivity index (χ1v) is 5.28. The third kappa shape index (κ3) is 7.58. The maximum Gasteiger partial charge on any atom is 0.528 e. The van der Waals surface area contributed by atoms with E-state index in [9.17, 15) is 24.0 Å². The van der Waals surface area contributed by atoms with Gasteiger partial charge in [-0.1, -0.05) is 6.08 Å². The Bertz CT molecular complexity index is 424. The van der Waals surface area contributed by atoms with Gasteiger partial charge in [0, 0.05) is 6.42 Å². The molecule has 20 heavy (non-hydrogen) atoms. The van der Waals surface area contributed by atoms with Crippen molar-refractivity contribution in [2.24, 2.45) is 0 Å². The van der Waals surface area contributed by atoms with E-state index in [1.54, 1.807) is 6.08 Å². The lowest BCUT2D eigenvalue weighted by Gasteiger charge is -2.02. The molecule has 9 heteroatoms. The molecule has 0 unspecified atom stereocenters. The van der Waals surface area contributed by atoms with Crippen LogP contribution in [0, 0.1) is 0 Å². The molecule has 0 bridgehead atoms. The standard InChI is InChI=1S/C11H12O9/c1-3-4-5-6-7(12)8(13)18-10(15)20-11(16)19-9(14)17-2/h3H,1,4-6H2,2H3. The molecule has 0 saturated carbocycles. The molecule has 0 rings (SSSR count). The summed E-state index contributed by atoms with van der Waals surface area (Å²) in [5.41, 5.74) is 0. The zero-order valence-electron chi connectivity index (χ0n) is 10.6. The molecule has 9 nitrogen and oxygen atoms in total. The lowest BCUT2D eigenvalue weighted by atomic mass is 10.2. The number of Topliss-reactive ketones (excluding diaryl/α,β-unsaturated/α-hetero) is 1. The van der Waals surface area contributed by atoms with E-state index in [1.165, 1.54) is 0 Å². The van der Waals surface area contributed by atoms with Gasteiger partial charge < -0.3 is 18.9 Å². The van der Waals surface area contributed by atoms with Crippen molar-refractivity contribution in [1.82, 2.24) is 0 Å². The predicted octanol–water partition coefficient (Wildman–Crippen LogP) is 1.49. The minimum absolute atomic E-state index is 0.148. The van der Waals surface area contributed by atoms with E-state index in [2.05, 4.69) is 25.5 Å². The van der Waals surface area contributed by atoms with Gasteiger partial charge in [0.25, 0.3) is 0 Å². The molecule has 0 radical (unpaired) electrons. The number of ketones is 1. The average molecular weight is 288 g/mol. The van der Waals surface area contributed by atoms with Gasteiger partial charge >= 0.3 is 24.4 Å². The zero-order valence-corrected chi connectivity index (χ0v) is 10.6. The maximum atomic E-state index is 11.2. The van der Waals surface area contributed by atoms with Gasteiger partial charge in [-0.3, -0.25) is 4.79 Å². The Balaban J connectivity index is 4.09. The molecule has 0 fully saturated rings. The number of carbonyl (C=O) groups excluding carboxylic acids is 5. The first-order chi connectivity index (χ1) is 9.40. The SMILES string of the molecule is C=CCCCC(=O)C(=O)OC(=O)OC(=O)OC(=O)OC. The van der Waals surface area contributed by atoms with Crippen LogP contribution in [0.2, 0.25) is 0 Å². The van der Waals surface area contributed by atoms with Gasteiger partial charge in [-0.25, -0.2) is 19.2 Å². The van der Waals surface area contributed by atoms with E-state index < -0.39 is 30.2 Å². The largest absolute Gasteiger partial charge is 0.528 e. The number of methoxy groups -OCH3 is 1. The van der Waals surface area contributed by atoms with Gasteiger partial charge in [-0.2, -0.15) is 0 Å². The van der Waals surface area contributed by atoms with Crippen LogP contribution < -0.4 is 0 Å². The van der Waals surface area contributed by atoms with Crippen molar-refractivity contribution in [3.05, 3.63) is 12.7 Å². The number of hydrogen-bond donors (Lipinski definition) is 0. The van der Waals surface area contributed by atoms with Crippen LogP contribution in [0.3, 0.4) is 0 Å². The Morgan fingerprint density at radius 3 is 2.05 bits per heavy atom. The van der Waals surface area contributed by atoms with Crippen LogP contribution >= 0.6 is 0 Å². The number of esters is 1. The number of unbranched alkanes of at least 4 members (excludes halogenated alkanes) is 1. The predicted molar refractivity (Wildman–Crippen MR) is 60.5 cm³/mol. The summed E-state index contributed by atoms with van der Waals surface area (Å²) in [4.78, 5) is 54.3. The Hall–Kier alpha value is -2.71. The van der Waals surface area contributed by atoms with Crippen LogP contribution in [-0.2, 0) is 28.5 Å². The fraction of sp³-hybridized carbons (Fsp3) is 0.364. The quantitative estimate of drug-likeness (QED) is 0.243. The van der Waals surface area contributed by atoms with Crippen molar-refractivity contribution in [2.45, 2.75) is 19.3 Å². The van der Waals surface area contributed by atoms with Gasteiger partial charge in [-0.05, 0) is 12.8 Å². The topological polar surface area (TPSA) is 122 Å². The van der Waals surface area contributed by atoms with E-state index in [0.717, 1.165) is 7.11 Å². The molecule has 0 aliphatic rings. The van der Waals surface area contributed by atoms with Crippen LogP contribution in [-0.4, -0.2) is 37.3 Å². The van der Waals surface area contributed by atoms with Crippen molar-refractivity contribution in [2.75, 3.05) is 7.11 Å². The number of allylic oxidation sites excluding steroid dienone is 1. The van der Waals surface area contributed by atoms with Crippen molar-refractivity contribution in [1.29, 1.82) is 0 Å². The fourth-order valence-electron chi connectivity index (χ4n) is 0.861. The van der Waals surface area contributed by atoms with Crippen LogP contribution in [0.1, 0.15) is 19.3 Å². The normalized spacial score (nSPS) is 9.05. The summed E-state index contributed by atoms with van der Waals surface area (Å²) in [6.45, 7) is 3.42. The summed E-state index contributed by atoms with van der Waals surface area (Å²) in [6.07, 6.45) is -2.70. The van der Waals surface area contributed by atoms with E-state index in [0.29, 0.717) is 12.8 Å². The highest BCUT2D eigenvalue weighted by Crippen LogP contribution is 2.00. The molecule has 0 aliphatic heterocycles. The summed E-state index contributed by atoms with van der Waals surface area (Å²) in [7, 11) is 0.916.